The quantitative estimate of drug-likeness (QED) is 0.782. The van der Waals surface area contributed by atoms with Gasteiger partial charge in [-0.25, -0.2) is 0 Å². The topological polar surface area (TPSA) is 29.5 Å². The number of esters is 1. The fourth-order valence-electron chi connectivity index (χ4n) is 1.73. The first kappa shape index (κ1) is 14.2. The van der Waals surface area contributed by atoms with Gasteiger partial charge in [0.05, 0.1) is 13.0 Å². The van der Waals surface area contributed by atoms with E-state index in [0.29, 0.717) is 13.0 Å². The van der Waals surface area contributed by atoms with Crippen molar-refractivity contribution in [2.75, 3.05) is 27.7 Å². The Morgan fingerprint density at radius 1 is 1.35 bits per heavy atom. The van der Waals surface area contributed by atoms with Crippen LogP contribution in [-0.2, 0) is 16.0 Å². The van der Waals surface area contributed by atoms with Crippen LogP contribution in [0.4, 0.5) is 0 Å². The molecule has 0 aliphatic rings. The van der Waals surface area contributed by atoms with Crippen molar-refractivity contribution in [2.45, 2.75) is 6.42 Å². The van der Waals surface area contributed by atoms with Gasteiger partial charge in [0, 0.05) is 11.0 Å². The molecule has 3 nitrogen and oxygen atoms in total. The molecule has 0 saturated carbocycles. The van der Waals surface area contributed by atoms with Gasteiger partial charge in [0.1, 0.15) is 0 Å². The Labute approximate surface area is 111 Å². The van der Waals surface area contributed by atoms with Crippen molar-refractivity contribution in [3.8, 4) is 0 Å². The van der Waals surface area contributed by atoms with Crippen LogP contribution in [0.2, 0.25) is 0 Å². The highest BCUT2D eigenvalue weighted by atomic mass is 79.9. The zero-order chi connectivity index (χ0) is 12.8. The molecule has 0 aliphatic heterocycles. The van der Waals surface area contributed by atoms with Gasteiger partial charge in [-0.3, -0.25) is 4.79 Å². The van der Waals surface area contributed by atoms with Gasteiger partial charge in [0.2, 0.25) is 0 Å². The Morgan fingerprint density at radius 2 is 1.94 bits per heavy atom. The molecule has 0 aromatic heterocycles. The molecule has 0 amide bonds. The van der Waals surface area contributed by atoms with Gasteiger partial charge in [-0.05, 0) is 38.2 Å². The zero-order valence-electron chi connectivity index (χ0n) is 10.4. The van der Waals surface area contributed by atoms with E-state index in [1.54, 1.807) is 0 Å². The summed E-state index contributed by atoms with van der Waals surface area (Å²) < 4.78 is 5.88. The van der Waals surface area contributed by atoms with E-state index in [0.717, 1.165) is 10.0 Å². The summed E-state index contributed by atoms with van der Waals surface area (Å²) in [6.07, 6.45) is 0.706. The molecule has 0 fully saturated rings. The highest BCUT2D eigenvalue weighted by Gasteiger charge is 2.20. The molecule has 1 atom stereocenters. The minimum absolute atomic E-state index is 0.115. The normalized spacial score (nSPS) is 12.5. The van der Waals surface area contributed by atoms with E-state index < -0.39 is 0 Å². The van der Waals surface area contributed by atoms with Crippen LogP contribution >= 0.6 is 15.9 Å². The van der Waals surface area contributed by atoms with Gasteiger partial charge < -0.3 is 9.64 Å². The Hall–Kier alpha value is -0.870. The summed E-state index contributed by atoms with van der Waals surface area (Å²) in [5, 5.41) is 0. The molecule has 1 aromatic carbocycles. The second kappa shape index (κ2) is 6.77. The van der Waals surface area contributed by atoms with Crippen LogP contribution < -0.4 is 0 Å². The molecule has 0 saturated heterocycles. The van der Waals surface area contributed by atoms with Crippen LogP contribution in [0.5, 0.6) is 0 Å². The highest BCUT2D eigenvalue weighted by molar-refractivity contribution is 9.10. The van der Waals surface area contributed by atoms with Crippen LogP contribution in [0, 0.1) is 5.92 Å². The molecule has 1 unspecified atom stereocenters. The van der Waals surface area contributed by atoms with Crippen LogP contribution in [-0.4, -0.2) is 38.6 Å². The summed E-state index contributed by atoms with van der Waals surface area (Å²) in [6.45, 7) is 0.697. The lowest BCUT2D eigenvalue weighted by atomic mass is 9.99. The maximum absolute atomic E-state index is 11.7. The molecule has 0 spiro atoms. The fourth-order valence-corrected chi connectivity index (χ4v) is 2.00. The van der Waals surface area contributed by atoms with Crippen molar-refractivity contribution in [3.05, 3.63) is 34.3 Å². The van der Waals surface area contributed by atoms with E-state index >= 15 is 0 Å². The lowest BCUT2D eigenvalue weighted by Gasteiger charge is -2.19. The maximum Gasteiger partial charge on any atom is 0.310 e. The number of methoxy groups -OCH3 is 1. The van der Waals surface area contributed by atoms with Crippen LogP contribution in [0.3, 0.4) is 0 Å². The number of benzene rings is 1. The molecule has 4 heteroatoms. The Balaban J connectivity index is 2.71. The standard InChI is InChI=1S/C13H18BrNO2/c1-15(2)9-11(13(16)17-3)8-10-4-6-12(14)7-5-10/h4-7,11H,8-9H2,1-3H3. The number of carbonyl (C=O) groups excluding carboxylic acids is 1. The van der Waals surface area contributed by atoms with Crippen molar-refractivity contribution in [2.24, 2.45) is 5.92 Å². The number of nitrogens with zero attached hydrogens (tertiary/aromatic N) is 1. The molecule has 1 rings (SSSR count). The van der Waals surface area contributed by atoms with Crippen LogP contribution in [0.1, 0.15) is 5.56 Å². The zero-order valence-corrected chi connectivity index (χ0v) is 12.0. The summed E-state index contributed by atoms with van der Waals surface area (Å²) in [4.78, 5) is 13.7. The minimum atomic E-state index is -0.151. The Bertz CT molecular complexity index is 362. The Kier molecular flexibility index (Phi) is 5.65. The Morgan fingerprint density at radius 3 is 2.41 bits per heavy atom. The fraction of sp³-hybridized carbons (Fsp3) is 0.462. The molecule has 0 N–H and O–H groups in total. The van der Waals surface area contributed by atoms with Gasteiger partial charge >= 0.3 is 5.97 Å². The first-order valence-electron chi connectivity index (χ1n) is 5.50. The second-order valence-corrected chi connectivity index (χ2v) is 5.23. The summed E-state index contributed by atoms with van der Waals surface area (Å²) in [7, 11) is 5.35. The molecule has 0 bridgehead atoms. The third-order valence-electron chi connectivity index (χ3n) is 2.52. The number of halogens is 1. The smallest absolute Gasteiger partial charge is 0.310 e. The first-order chi connectivity index (χ1) is 8.02. The highest BCUT2D eigenvalue weighted by Crippen LogP contribution is 2.15. The summed E-state index contributed by atoms with van der Waals surface area (Å²) in [6, 6.07) is 8.02. The van der Waals surface area contributed by atoms with Crippen molar-refractivity contribution in [1.29, 1.82) is 0 Å². The van der Waals surface area contributed by atoms with Gasteiger partial charge in [-0.2, -0.15) is 0 Å². The molecule has 0 heterocycles. The predicted molar refractivity (Wildman–Crippen MR) is 71.9 cm³/mol. The average Bonchev–Trinajstić information content (AvgIpc) is 2.29. The number of carbonyl (C=O) groups is 1. The van der Waals surface area contributed by atoms with Crippen molar-refractivity contribution in [1.82, 2.24) is 4.90 Å². The third kappa shape index (κ3) is 4.88. The van der Waals surface area contributed by atoms with Crippen LogP contribution in [0.25, 0.3) is 0 Å². The van der Waals surface area contributed by atoms with E-state index in [-0.39, 0.29) is 11.9 Å². The number of hydrogen-bond donors (Lipinski definition) is 0. The van der Waals surface area contributed by atoms with Crippen molar-refractivity contribution in [3.63, 3.8) is 0 Å². The van der Waals surface area contributed by atoms with Gasteiger partial charge in [0.15, 0.2) is 0 Å². The summed E-state index contributed by atoms with van der Waals surface area (Å²) in [5.74, 6) is -0.266. The minimum Gasteiger partial charge on any atom is -0.469 e. The number of hydrogen-bond acceptors (Lipinski definition) is 3. The summed E-state index contributed by atoms with van der Waals surface area (Å²) in [5.41, 5.74) is 1.14. The number of rotatable bonds is 5. The van der Waals surface area contributed by atoms with E-state index in [2.05, 4.69) is 15.9 Å². The second-order valence-electron chi connectivity index (χ2n) is 4.31. The van der Waals surface area contributed by atoms with E-state index in [4.69, 9.17) is 4.74 Å². The molecule has 1 aromatic rings. The van der Waals surface area contributed by atoms with E-state index in [1.807, 2.05) is 43.3 Å². The average molecular weight is 300 g/mol. The molecule has 0 radical (unpaired) electrons. The maximum atomic E-state index is 11.7. The third-order valence-corrected chi connectivity index (χ3v) is 3.04. The van der Waals surface area contributed by atoms with E-state index in [1.165, 1.54) is 7.11 Å². The SMILES string of the molecule is COC(=O)C(Cc1ccc(Br)cc1)CN(C)C. The van der Waals surface area contributed by atoms with Gasteiger partial charge in [-0.15, -0.1) is 0 Å². The molecular weight excluding hydrogens is 282 g/mol. The van der Waals surface area contributed by atoms with Gasteiger partial charge in [0.25, 0.3) is 0 Å². The predicted octanol–water partition coefficient (Wildman–Crippen LogP) is 2.34. The van der Waals surface area contributed by atoms with Gasteiger partial charge in [-0.1, -0.05) is 28.1 Å². The molecule has 94 valence electrons. The van der Waals surface area contributed by atoms with Crippen molar-refractivity contribution < 1.29 is 9.53 Å². The van der Waals surface area contributed by atoms with Crippen LogP contribution in [0.15, 0.2) is 28.7 Å². The van der Waals surface area contributed by atoms with E-state index in [9.17, 15) is 4.79 Å². The largest absolute Gasteiger partial charge is 0.469 e. The molecule has 17 heavy (non-hydrogen) atoms. The lowest BCUT2D eigenvalue weighted by Crippen LogP contribution is -2.30. The first-order valence-corrected chi connectivity index (χ1v) is 6.29. The lowest BCUT2D eigenvalue weighted by molar-refractivity contribution is -0.145. The monoisotopic (exact) mass is 299 g/mol. The molecule has 0 aliphatic carbocycles. The number of ether oxygens (including phenoxy) is 1. The summed E-state index contributed by atoms with van der Waals surface area (Å²) >= 11 is 3.39. The van der Waals surface area contributed by atoms with Crippen molar-refractivity contribution >= 4 is 21.9 Å². The molecular formula is C13H18BrNO2.